The topological polar surface area (TPSA) is 89.3 Å². The monoisotopic (exact) mass is 384 g/mol. The molecule has 1 aromatic carbocycles. The number of hydrogen-bond donors (Lipinski definition) is 2. The molecule has 0 atom stereocenters. The van der Waals surface area contributed by atoms with Crippen molar-refractivity contribution in [3.8, 4) is 0 Å². The second-order valence-electron chi connectivity index (χ2n) is 3.19. The molecule has 0 aromatic heterocycles. The summed E-state index contributed by atoms with van der Waals surface area (Å²) in [7, 11) is -3.63. The Balaban J connectivity index is 2.86. The minimum absolute atomic E-state index is 0.0137. The van der Waals surface area contributed by atoms with Crippen molar-refractivity contribution < 1.29 is 13.2 Å². The van der Waals surface area contributed by atoms with Crippen molar-refractivity contribution in [2.75, 3.05) is 6.54 Å². The first kappa shape index (κ1) is 14.6. The van der Waals surface area contributed by atoms with E-state index >= 15 is 0 Å². The number of carbonyl (C=O) groups is 1. The van der Waals surface area contributed by atoms with Crippen molar-refractivity contribution in [3.63, 3.8) is 0 Å². The summed E-state index contributed by atoms with van der Waals surface area (Å²) in [6, 6.07) is 4.71. The van der Waals surface area contributed by atoms with Crippen LogP contribution in [0.3, 0.4) is 0 Å². The first-order valence-corrected chi connectivity index (χ1v) is 7.63. The predicted molar refractivity (Wildman–Crippen MR) is 70.8 cm³/mol. The molecule has 0 bridgehead atoms. The van der Waals surface area contributed by atoms with Crippen LogP contribution in [-0.2, 0) is 14.8 Å². The zero-order valence-corrected chi connectivity index (χ0v) is 12.6. The molecule has 0 saturated carbocycles. The number of amides is 1. The molecule has 0 aliphatic carbocycles. The molecule has 0 aliphatic heterocycles. The quantitative estimate of drug-likeness (QED) is 0.801. The van der Waals surface area contributed by atoms with E-state index in [1.807, 2.05) is 0 Å². The molecule has 0 unspecified atom stereocenters. The fraction of sp³-hybridized carbons (Fsp3) is 0.222. The van der Waals surface area contributed by atoms with E-state index in [9.17, 15) is 13.2 Å². The summed E-state index contributed by atoms with van der Waals surface area (Å²) in [4.78, 5) is 10.6. The summed E-state index contributed by atoms with van der Waals surface area (Å²) >= 11 is 6.39. The fourth-order valence-electron chi connectivity index (χ4n) is 1.08. The Morgan fingerprint density at radius 1 is 1.35 bits per heavy atom. The van der Waals surface area contributed by atoms with E-state index in [1.165, 1.54) is 6.07 Å². The van der Waals surface area contributed by atoms with Gasteiger partial charge in [0, 0.05) is 21.9 Å². The zero-order chi connectivity index (χ0) is 13.1. The number of halogens is 2. The maximum absolute atomic E-state index is 11.8. The average Bonchev–Trinajstić information content (AvgIpc) is 2.15. The second kappa shape index (κ2) is 5.94. The molecule has 3 N–H and O–H groups in total. The third-order valence-corrected chi connectivity index (χ3v) is 4.78. The predicted octanol–water partition coefficient (Wildman–Crippen LogP) is 1.37. The van der Waals surface area contributed by atoms with Crippen molar-refractivity contribution in [1.82, 2.24) is 4.72 Å². The van der Waals surface area contributed by atoms with Crippen molar-refractivity contribution in [1.29, 1.82) is 0 Å². The molecule has 8 heteroatoms. The minimum atomic E-state index is -3.63. The lowest BCUT2D eigenvalue weighted by Crippen LogP contribution is -2.28. The number of hydrogen-bond acceptors (Lipinski definition) is 3. The van der Waals surface area contributed by atoms with Crippen LogP contribution in [0.1, 0.15) is 6.42 Å². The van der Waals surface area contributed by atoms with Crippen molar-refractivity contribution in [2.24, 2.45) is 5.73 Å². The molecule has 94 valence electrons. The van der Waals surface area contributed by atoms with E-state index in [1.54, 1.807) is 12.1 Å². The summed E-state index contributed by atoms with van der Waals surface area (Å²) in [6.07, 6.45) is -0.0343. The Morgan fingerprint density at radius 2 is 2.00 bits per heavy atom. The Morgan fingerprint density at radius 3 is 2.53 bits per heavy atom. The van der Waals surface area contributed by atoms with E-state index < -0.39 is 15.9 Å². The molecule has 0 spiro atoms. The fourth-order valence-corrected chi connectivity index (χ4v) is 3.85. The third-order valence-electron chi connectivity index (χ3n) is 1.85. The first-order chi connectivity index (χ1) is 7.83. The molecule has 1 aromatic rings. The SMILES string of the molecule is NC(=O)CCNS(=O)(=O)c1ccc(Br)cc1Br. The summed E-state index contributed by atoms with van der Waals surface area (Å²) in [5, 5.41) is 0. The number of nitrogens with one attached hydrogen (secondary N) is 1. The van der Waals surface area contributed by atoms with Gasteiger partial charge in [-0.1, -0.05) is 15.9 Å². The zero-order valence-electron chi connectivity index (χ0n) is 8.61. The van der Waals surface area contributed by atoms with Gasteiger partial charge in [-0.25, -0.2) is 13.1 Å². The molecule has 0 saturated heterocycles. The highest BCUT2D eigenvalue weighted by molar-refractivity contribution is 9.11. The van der Waals surface area contributed by atoms with Crippen LogP contribution in [0.2, 0.25) is 0 Å². The highest BCUT2D eigenvalue weighted by atomic mass is 79.9. The van der Waals surface area contributed by atoms with Crippen molar-refractivity contribution >= 4 is 47.8 Å². The van der Waals surface area contributed by atoms with Crippen LogP contribution in [0.25, 0.3) is 0 Å². The lowest BCUT2D eigenvalue weighted by molar-refractivity contribution is -0.117. The van der Waals surface area contributed by atoms with E-state index in [-0.39, 0.29) is 17.9 Å². The van der Waals surface area contributed by atoms with Gasteiger partial charge in [-0.3, -0.25) is 4.79 Å². The first-order valence-electron chi connectivity index (χ1n) is 4.56. The summed E-state index contributed by atoms with van der Waals surface area (Å²) in [5.74, 6) is -0.553. The Kier molecular flexibility index (Phi) is 5.11. The van der Waals surface area contributed by atoms with Crippen molar-refractivity contribution in [2.45, 2.75) is 11.3 Å². The van der Waals surface area contributed by atoms with Gasteiger partial charge in [0.2, 0.25) is 15.9 Å². The highest BCUT2D eigenvalue weighted by Crippen LogP contribution is 2.25. The van der Waals surface area contributed by atoms with Gasteiger partial charge in [-0.15, -0.1) is 0 Å². The van der Waals surface area contributed by atoms with E-state index in [0.717, 1.165) is 4.47 Å². The normalized spacial score (nSPS) is 11.4. The molecule has 5 nitrogen and oxygen atoms in total. The molecule has 1 amide bonds. The molecule has 0 radical (unpaired) electrons. The van der Waals surface area contributed by atoms with Crippen molar-refractivity contribution in [3.05, 3.63) is 27.1 Å². The number of carbonyl (C=O) groups excluding carboxylic acids is 1. The van der Waals surface area contributed by atoms with Gasteiger partial charge in [0.1, 0.15) is 0 Å². The van der Waals surface area contributed by atoms with Gasteiger partial charge >= 0.3 is 0 Å². The number of nitrogens with two attached hydrogens (primary N) is 1. The van der Waals surface area contributed by atoms with Crippen LogP contribution < -0.4 is 10.5 Å². The van der Waals surface area contributed by atoms with Crippen LogP contribution in [0.4, 0.5) is 0 Å². The van der Waals surface area contributed by atoms with Gasteiger partial charge in [0.05, 0.1) is 4.90 Å². The average molecular weight is 386 g/mol. The van der Waals surface area contributed by atoms with Gasteiger partial charge in [-0.05, 0) is 34.1 Å². The smallest absolute Gasteiger partial charge is 0.241 e. The number of benzene rings is 1. The second-order valence-corrected chi connectivity index (χ2v) is 6.69. The minimum Gasteiger partial charge on any atom is -0.370 e. The summed E-state index contributed by atoms with van der Waals surface area (Å²) in [5.41, 5.74) is 4.92. The summed E-state index contributed by atoms with van der Waals surface area (Å²) in [6.45, 7) is -0.0137. The lowest BCUT2D eigenvalue weighted by Gasteiger charge is -2.07. The maximum atomic E-state index is 11.8. The largest absolute Gasteiger partial charge is 0.370 e. The molecular formula is C9H10Br2N2O3S. The number of rotatable bonds is 5. The maximum Gasteiger partial charge on any atom is 0.241 e. The van der Waals surface area contributed by atoms with Crippen LogP contribution in [0.5, 0.6) is 0 Å². The van der Waals surface area contributed by atoms with Crippen LogP contribution in [0.15, 0.2) is 32.0 Å². The van der Waals surface area contributed by atoms with Gasteiger partial charge in [0.15, 0.2) is 0 Å². The highest BCUT2D eigenvalue weighted by Gasteiger charge is 2.17. The Labute approximate surface area is 116 Å². The molecule has 17 heavy (non-hydrogen) atoms. The number of primary amides is 1. The molecule has 1 rings (SSSR count). The molecule has 0 fully saturated rings. The molecule has 0 aliphatic rings. The van der Waals surface area contributed by atoms with Gasteiger partial charge in [0.25, 0.3) is 0 Å². The van der Waals surface area contributed by atoms with Gasteiger partial charge < -0.3 is 5.73 Å². The summed E-state index contributed by atoms with van der Waals surface area (Å²) < 4.78 is 27.2. The third kappa shape index (κ3) is 4.38. The van der Waals surface area contributed by atoms with E-state index in [4.69, 9.17) is 5.73 Å². The van der Waals surface area contributed by atoms with Gasteiger partial charge in [-0.2, -0.15) is 0 Å². The van der Waals surface area contributed by atoms with E-state index in [0.29, 0.717) is 4.47 Å². The molecule has 0 heterocycles. The lowest BCUT2D eigenvalue weighted by atomic mass is 10.4. The molecular weight excluding hydrogens is 376 g/mol. The van der Waals surface area contributed by atoms with Crippen LogP contribution in [0, 0.1) is 0 Å². The number of sulfonamides is 1. The van der Waals surface area contributed by atoms with Crippen LogP contribution >= 0.6 is 31.9 Å². The van der Waals surface area contributed by atoms with E-state index in [2.05, 4.69) is 36.6 Å². The Bertz CT molecular complexity index is 531. The Hall–Kier alpha value is -0.440. The standard InChI is InChI=1S/C9H10Br2N2O3S/c10-6-1-2-8(7(11)5-6)17(15,16)13-4-3-9(12)14/h1-2,5,13H,3-4H2,(H2,12,14). The van der Waals surface area contributed by atoms with Crippen LogP contribution in [-0.4, -0.2) is 20.9 Å².